The Morgan fingerprint density at radius 2 is 1.74 bits per heavy atom. The Morgan fingerprint density at radius 3 is 2.45 bits per heavy atom. The van der Waals surface area contributed by atoms with Crippen molar-refractivity contribution in [2.45, 2.75) is 6.92 Å². The number of rotatable bonds is 6. The first-order valence-corrected chi connectivity index (χ1v) is 10.5. The van der Waals surface area contributed by atoms with E-state index < -0.39 is 0 Å². The van der Waals surface area contributed by atoms with Crippen molar-refractivity contribution in [3.05, 3.63) is 66.1 Å². The van der Waals surface area contributed by atoms with E-state index in [0.29, 0.717) is 17.9 Å². The molecule has 7 heteroatoms. The average molecular weight is 418 g/mol. The minimum Gasteiger partial charge on any atom is -0.383 e. The summed E-state index contributed by atoms with van der Waals surface area (Å²) in [6, 6.07) is 13.5. The molecule has 2 aromatic heterocycles. The zero-order chi connectivity index (χ0) is 21.6. The van der Waals surface area contributed by atoms with Crippen LogP contribution in [0.15, 0.2) is 54.9 Å². The predicted molar refractivity (Wildman–Crippen MR) is 122 cm³/mol. The fraction of sp³-hybridized carbons (Fsp3) is 0.292. The quantitative estimate of drug-likeness (QED) is 0.641. The standard InChI is InChI=1S/C24H27N5O2/c1-17-2-3-20(15-27-17)22-14-21(16-28-23(22)25)18-4-6-19(7-5-18)24(30)26-8-9-29-10-12-31-13-11-29/h2-7,14-16H,8-13H2,1H3,(H2,25,28)(H,26,30). The van der Waals surface area contributed by atoms with Gasteiger partial charge in [0.15, 0.2) is 0 Å². The second-order valence-electron chi connectivity index (χ2n) is 7.63. The lowest BCUT2D eigenvalue weighted by Gasteiger charge is -2.26. The molecule has 0 aliphatic carbocycles. The van der Waals surface area contributed by atoms with Crippen LogP contribution in [0.5, 0.6) is 0 Å². The monoisotopic (exact) mass is 417 g/mol. The molecule has 160 valence electrons. The summed E-state index contributed by atoms with van der Waals surface area (Å²) < 4.78 is 5.34. The second kappa shape index (κ2) is 9.68. The van der Waals surface area contributed by atoms with E-state index in [0.717, 1.165) is 60.8 Å². The van der Waals surface area contributed by atoms with Crippen LogP contribution >= 0.6 is 0 Å². The van der Waals surface area contributed by atoms with E-state index in [4.69, 9.17) is 10.5 Å². The third-order valence-electron chi connectivity index (χ3n) is 5.44. The van der Waals surface area contributed by atoms with Gasteiger partial charge in [-0.1, -0.05) is 18.2 Å². The lowest BCUT2D eigenvalue weighted by atomic mass is 10.0. The molecule has 3 N–H and O–H groups in total. The molecule has 0 unspecified atom stereocenters. The molecule has 0 bridgehead atoms. The summed E-state index contributed by atoms with van der Waals surface area (Å²) in [6.45, 7) is 6.76. The lowest BCUT2D eigenvalue weighted by Crippen LogP contribution is -2.41. The van der Waals surface area contributed by atoms with Crippen molar-refractivity contribution in [3.8, 4) is 22.3 Å². The number of nitrogens with one attached hydrogen (secondary N) is 1. The fourth-order valence-electron chi connectivity index (χ4n) is 3.56. The highest BCUT2D eigenvalue weighted by atomic mass is 16.5. The van der Waals surface area contributed by atoms with E-state index in [9.17, 15) is 4.79 Å². The van der Waals surface area contributed by atoms with Crippen molar-refractivity contribution in [1.82, 2.24) is 20.2 Å². The molecule has 1 saturated heterocycles. The van der Waals surface area contributed by atoms with Crippen LogP contribution in [0.2, 0.25) is 0 Å². The van der Waals surface area contributed by atoms with Crippen LogP contribution in [0, 0.1) is 6.92 Å². The highest BCUT2D eigenvalue weighted by Gasteiger charge is 2.12. The number of carbonyl (C=O) groups excluding carboxylic acids is 1. The second-order valence-corrected chi connectivity index (χ2v) is 7.63. The zero-order valence-corrected chi connectivity index (χ0v) is 17.7. The molecule has 7 nitrogen and oxygen atoms in total. The van der Waals surface area contributed by atoms with Gasteiger partial charge < -0.3 is 15.8 Å². The minimum absolute atomic E-state index is 0.0679. The summed E-state index contributed by atoms with van der Waals surface area (Å²) in [5.74, 6) is 0.396. The van der Waals surface area contributed by atoms with Crippen molar-refractivity contribution < 1.29 is 9.53 Å². The predicted octanol–water partition coefficient (Wildman–Crippen LogP) is 2.76. The summed E-state index contributed by atoms with van der Waals surface area (Å²) in [6.07, 6.45) is 3.55. The van der Waals surface area contributed by atoms with Gasteiger partial charge in [0.1, 0.15) is 5.82 Å². The summed E-state index contributed by atoms with van der Waals surface area (Å²) in [7, 11) is 0. The molecule has 1 aliphatic rings. The molecule has 3 aromatic rings. The van der Waals surface area contributed by atoms with E-state index in [1.54, 1.807) is 12.4 Å². The Hall–Kier alpha value is -3.29. The SMILES string of the molecule is Cc1ccc(-c2cc(-c3ccc(C(=O)NCCN4CCOCC4)cc3)cnc2N)cn1. The average Bonchev–Trinajstić information content (AvgIpc) is 2.81. The first kappa shape index (κ1) is 21.0. The molecule has 0 spiro atoms. The molecular formula is C24H27N5O2. The van der Waals surface area contributed by atoms with Gasteiger partial charge in [-0.3, -0.25) is 14.7 Å². The van der Waals surface area contributed by atoms with Gasteiger partial charge in [-0.05, 0) is 36.8 Å². The largest absolute Gasteiger partial charge is 0.383 e. The van der Waals surface area contributed by atoms with Crippen LogP contribution in [0.4, 0.5) is 5.82 Å². The number of benzene rings is 1. The first-order valence-electron chi connectivity index (χ1n) is 10.5. The van der Waals surface area contributed by atoms with Crippen LogP contribution < -0.4 is 11.1 Å². The molecule has 4 rings (SSSR count). The number of pyridine rings is 2. The Bertz CT molecular complexity index is 1030. The fourth-order valence-corrected chi connectivity index (χ4v) is 3.56. The van der Waals surface area contributed by atoms with E-state index in [2.05, 4.69) is 20.2 Å². The number of amides is 1. The van der Waals surface area contributed by atoms with Crippen molar-refractivity contribution in [2.24, 2.45) is 0 Å². The number of morpholine rings is 1. The van der Waals surface area contributed by atoms with Crippen LogP contribution in [-0.2, 0) is 4.74 Å². The van der Waals surface area contributed by atoms with Crippen LogP contribution in [0.1, 0.15) is 16.1 Å². The topological polar surface area (TPSA) is 93.4 Å². The van der Waals surface area contributed by atoms with Crippen LogP contribution in [0.3, 0.4) is 0 Å². The Morgan fingerprint density at radius 1 is 1.03 bits per heavy atom. The molecule has 1 aromatic carbocycles. The highest BCUT2D eigenvalue weighted by Crippen LogP contribution is 2.29. The third kappa shape index (κ3) is 5.25. The number of aromatic nitrogens is 2. The van der Waals surface area contributed by atoms with Gasteiger partial charge in [-0.15, -0.1) is 0 Å². The summed E-state index contributed by atoms with van der Waals surface area (Å²) in [5.41, 5.74) is 11.4. The van der Waals surface area contributed by atoms with Gasteiger partial charge in [0.25, 0.3) is 5.91 Å². The number of nitrogens with two attached hydrogens (primary N) is 1. The van der Waals surface area contributed by atoms with Crippen LogP contribution in [0.25, 0.3) is 22.3 Å². The summed E-state index contributed by atoms with van der Waals surface area (Å²) in [5, 5.41) is 2.99. The molecular weight excluding hydrogens is 390 g/mol. The van der Waals surface area contributed by atoms with Gasteiger partial charge in [-0.2, -0.15) is 0 Å². The number of ether oxygens (including phenoxy) is 1. The molecule has 0 radical (unpaired) electrons. The Kier molecular flexibility index (Phi) is 6.54. The van der Waals surface area contributed by atoms with Gasteiger partial charge in [0.05, 0.1) is 13.2 Å². The van der Waals surface area contributed by atoms with Gasteiger partial charge in [0, 0.05) is 66.5 Å². The lowest BCUT2D eigenvalue weighted by molar-refractivity contribution is 0.0383. The van der Waals surface area contributed by atoms with Gasteiger partial charge in [0.2, 0.25) is 0 Å². The molecule has 3 heterocycles. The number of hydrogen-bond donors (Lipinski definition) is 2. The molecule has 31 heavy (non-hydrogen) atoms. The smallest absolute Gasteiger partial charge is 0.251 e. The van der Waals surface area contributed by atoms with Crippen molar-refractivity contribution in [3.63, 3.8) is 0 Å². The first-order chi connectivity index (χ1) is 15.1. The van der Waals surface area contributed by atoms with E-state index in [1.165, 1.54) is 0 Å². The molecule has 0 atom stereocenters. The maximum Gasteiger partial charge on any atom is 0.251 e. The number of carbonyl (C=O) groups is 1. The number of anilines is 1. The van der Waals surface area contributed by atoms with Gasteiger partial charge in [-0.25, -0.2) is 4.98 Å². The van der Waals surface area contributed by atoms with Crippen molar-refractivity contribution in [2.75, 3.05) is 45.1 Å². The maximum atomic E-state index is 12.5. The number of nitrogen functional groups attached to an aromatic ring is 1. The Labute approximate surface area is 182 Å². The molecule has 1 amide bonds. The molecule has 1 fully saturated rings. The molecule has 0 saturated carbocycles. The van der Waals surface area contributed by atoms with Crippen molar-refractivity contribution in [1.29, 1.82) is 0 Å². The van der Waals surface area contributed by atoms with E-state index >= 15 is 0 Å². The summed E-state index contributed by atoms with van der Waals surface area (Å²) in [4.78, 5) is 23.5. The highest BCUT2D eigenvalue weighted by molar-refractivity contribution is 5.94. The number of nitrogens with zero attached hydrogens (tertiary/aromatic N) is 3. The van der Waals surface area contributed by atoms with Crippen molar-refractivity contribution >= 4 is 11.7 Å². The summed E-state index contributed by atoms with van der Waals surface area (Å²) >= 11 is 0. The number of aryl methyl sites for hydroxylation is 1. The third-order valence-corrected chi connectivity index (χ3v) is 5.44. The zero-order valence-electron chi connectivity index (χ0n) is 17.7. The normalized spacial score (nSPS) is 14.4. The van der Waals surface area contributed by atoms with E-state index in [-0.39, 0.29) is 5.91 Å². The number of hydrogen-bond acceptors (Lipinski definition) is 6. The van der Waals surface area contributed by atoms with Gasteiger partial charge >= 0.3 is 0 Å². The van der Waals surface area contributed by atoms with Crippen LogP contribution in [-0.4, -0.2) is 60.2 Å². The maximum absolute atomic E-state index is 12.5. The Balaban J connectivity index is 1.42. The molecule has 1 aliphatic heterocycles. The minimum atomic E-state index is -0.0679. The van der Waals surface area contributed by atoms with E-state index in [1.807, 2.05) is 49.4 Å².